The van der Waals surface area contributed by atoms with Gasteiger partial charge in [0.15, 0.2) is 0 Å². The van der Waals surface area contributed by atoms with Gasteiger partial charge in [0, 0.05) is 5.33 Å². The van der Waals surface area contributed by atoms with Crippen LogP contribution in [0.4, 0.5) is 4.39 Å². The average molecular weight is 247 g/mol. The average Bonchev–Trinajstić information content (AvgIpc) is 2.16. The molecule has 72 valence electrons. The second-order valence-electron chi connectivity index (χ2n) is 2.97. The first-order valence-electron chi connectivity index (χ1n) is 4.21. The number of rotatable bonds is 4. The number of hydrogen-bond donors (Lipinski definition) is 1. The van der Waals surface area contributed by atoms with Crippen LogP contribution in [0.5, 0.6) is 0 Å². The zero-order valence-corrected chi connectivity index (χ0v) is 8.80. The molecule has 0 spiro atoms. The molecule has 1 rings (SSSR count). The number of aliphatic hydroxyl groups is 1. The van der Waals surface area contributed by atoms with E-state index >= 15 is 0 Å². The summed E-state index contributed by atoms with van der Waals surface area (Å²) in [4.78, 5) is 0. The Hall–Kier alpha value is -0.410. The summed E-state index contributed by atoms with van der Waals surface area (Å²) in [5, 5.41) is 9.84. The lowest BCUT2D eigenvalue weighted by atomic mass is 10.1. The van der Waals surface area contributed by atoms with Crippen LogP contribution in [0.2, 0.25) is 0 Å². The standard InChI is InChI=1S/C10H12BrFO/c11-7-10(13)6-3-8-1-4-9(12)5-2-8/h1-2,4-5,10,13H,3,6-7H2. The zero-order valence-electron chi connectivity index (χ0n) is 7.21. The van der Waals surface area contributed by atoms with E-state index in [1.54, 1.807) is 12.1 Å². The van der Waals surface area contributed by atoms with E-state index in [-0.39, 0.29) is 11.9 Å². The van der Waals surface area contributed by atoms with Gasteiger partial charge in [-0.05, 0) is 30.5 Å². The van der Waals surface area contributed by atoms with Gasteiger partial charge >= 0.3 is 0 Å². The monoisotopic (exact) mass is 246 g/mol. The van der Waals surface area contributed by atoms with Crippen molar-refractivity contribution in [1.82, 2.24) is 0 Å². The van der Waals surface area contributed by atoms with Gasteiger partial charge in [-0.25, -0.2) is 4.39 Å². The van der Waals surface area contributed by atoms with E-state index in [9.17, 15) is 9.50 Å². The van der Waals surface area contributed by atoms with Crippen LogP contribution < -0.4 is 0 Å². The van der Waals surface area contributed by atoms with Crippen molar-refractivity contribution >= 4 is 15.9 Å². The van der Waals surface area contributed by atoms with Crippen molar-refractivity contribution in [3.8, 4) is 0 Å². The van der Waals surface area contributed by atoms with Crippen molar-refractivity contribution in [1.29, 1.82) is 0 Å². The predicted molar refractivity (Wildman–Crippen MR) is 54.5 cm³/mol. The molecular weight excluding hydrogens is 235 g/mol. The number of benzene rings is 1. The smallest absolute Gasteiger partial charge is 0.123 e. The van der Waals surface area contributed by atoms with Gasteiger partial charge in [-0.2, -0.15) is 0 Å². The molecule has 0 fully saturated rings. The fourth-order valence-electron chi connectivity index (χ4n) is 1.06. The molecule has 1 atom stereocenters. The van der Waals surface area contributed by atoms with E-state index < -0.39 is 0 Å². The molecule has 1 nitrogen and oxygen atoms in total. The molecule has 13 heavy (non-hydrogen) atoms. The summed E-state index contributed by atoms with van der Waals surface area (Å²) in [5.41, 5.74) is 1.06. The van der Waals surface area contributed by atoms with Crippen LogP contribution >= 0.6 is 15.9 Å². The zero-order chi connectivity index (χ0) is 9.68. The van der Waals surface area contributed by atoms with Crippen LogP contribution in [0.15, 0.2) is 24.3 Å². The molecule has 3 heteroatoms. The van der Waals surface area contributed by atoms with Crippen molar-refractivity contribution in [2.75, 3.05) is 5.33 Å². The Bertz CT molecular complexity index is 248. The molecule has 1 unspecified atom stereocenters. The van der Waals surface area contributed by atoms with E-state index in [1.165, 1.54) is 12.1 Å². The fraction of sp³-hybridized carbons (Fsp3) is 0.400. The van der Waals surface area contributed by atoms with Crippen LogP contribution in [0, 0.1) is 5.82 Å². The number of hydrogen-bond acceptors (Lipinski definition) is 1. The Labute approximate surface area is 85.7 Å². The molecule has 0 radical (unpaired) electrons. The van der Waals surface area contributed by atoms with Gasteiger partial charge in [0.1, 0.15) is 5.82 Å². The second kappa shape index (κ2) is 5.35. The summed E-state index contributed by atoms with van der Waals surface area (Å²) in [6, 6.07) is 6.37. The molecule has 0 saturated heterocycles. The molecule has 0 bridgehead atoms. The molecule has 1 aromatic carbocycles. The lowest BCUT2D eigenvalue weighted by Gasteiger charge is -2.05. The summed E-state index contributed by atoms with van der Waals surface area (Å²) in [7, 11) is 0. The molecule has 0 saturated carbocycles. The molecular formula is C10H12BrFO. The summed E-state index contributed by atoms with van der Waals surface area (Å²) in [6.45, 7) is 0. The van der Waals surface area contributed by atoms with Crippen LogP contribution in [0.25, 0.3) is 0 Å². The van der Waals surface area contributed by atoms with Gasteiger partial charge in [0.05, 0.1) is 6.10 Å². The van der Waals surface area contributed by atoms with Crippen molar-refractivity contribution in [2.24, 2.45) is 0 Å². The quantitative estimate of drug-likeness (QED) is 0.810. The molecule has 1 N–H and O–H groups in total. The van der Waals surface area contributed by atoms with Crippen molar-refractivity contribution in [3.05, 3.63) is 35.6 Å². The number of aliphatic hydroxyl groups excluding tert-OH is 1. The topological polar surface area (TPSA) is 20.2 Å². The van der Waals surface area contributed by atoms with Gasteiger partial charge < -0.3 is 5.11 Å². The normalized spacial score (nSPS) is 12.8. The lowest BCUT2D eigenvalue weighted by molar-refractivity contribution is 0.191. The highest BCUT2D eigenvalue weighted by Gasteiger charge is 2.01. The minimum Gasteiger partial charge on any atom is -0.392 e. The highest BCUT2D eigenvalue weighted by molar-refractivity contribution is 9.09. The highest BCUT2D eigenvalue weighted by Crippen LogP contribution is 2.07. The Morgan fingerprint density at radius 1 is 1.31 bits per heavy atom. The van der Waals surface area contributed by atoms with Gasteiger partial charge in [0.2, 0.25) is 0 Å². The van der Waals surface area contributed by atoms with Crippen LogP contribution in [-0.2, 0) is 6.42 Å². The minimum atomic E-state index is -0.315. The third-order valence-corrected chi connectivity index (χ3v) is 2.61. The van der Waals surface area contributed by atoms with E-state index in [2.05, 4.69) is 15.9 Å². The van der Waals surface area contributed by atoms with E-state index in [0.717, 1.165) is 12.0 Å². The maximum Gasteiger partial charge on any atom is 0.123 e. The third kappa shape index (κ3) is 3.87. The SMILES string of the molecule is OC(CBr)CCc1ccc(F)cc1. The highest BCUT2D eigenvalue weighted by atomic mass is 79.9. The molecule has 0 aliphatic carbocycles. The van der Waals surface area contributed by atoms with E-state index in [4.69, 9.17) is 0 Å². The first kappa shape index (κ1) is 10.7. The van der Waals surface area contributed by atoms with Crippen molar-refractivity contribution in [2.45, 2.75) is 18.9 Å². The lowest BCUT2D eigenvalue weighted by Crippen LogP contribution is -2.08. The molecule has 0 aliphatic rings. The van der Waals surface area contributed by atoms with Gasteiger partial charge in [-0.3, -0.25) is 0 Å². The Kier molecular flexibility index (Phi) is 4.39. The molecule has 1 aromatic rings. The van der Waals surface area contributed by atoms with Gasteiger partial charge in [-0.15, -0.1) is 0 Å². The van der Waals surface area contributed by atoms with Crippen LogP contribution in [0.3, 0.4) is 0 Å². The summed E-state index contributed by atoms with van der Waals surface area (Å²) in [6.07, 6.45) is 1.18. The maximum atomic E-state index is 12.5. The fourth-order valence-corrected chi connectivity index (χ4v) is 1.39. The molecule has 0 aliphatic heterocycles. The first-order chi connectivity index (χ1) is 6.22. The third-order valence-electron chi connectivity index (χ3n) is 1.86. The minimum absolute atomic E-state index is 0.218. The van der Waals surface area contributed by atoms with Crippen molar-refractivity contribution < 1.29 is 9.50 Å². The number of halogens is 2. The van der Waals surface area contributed by atoms with E-state index in [0.29, 0.717) is 11.8 Å². The Morgan fingerprint density at radius 3 is 2.46 bits per heavy atom. The van der Waals surface area contributed by atoms with E-state index in [1.807, 2.05) is 0 Å². The van der Waals surface area contributed by atoms with Crippen LogP contribution in [-0.4, -0.2) is 16.5 Å². The van der Waals surface area contributed by atoms with Crippen molar-refractivity contribution in [3.63, 3.8) is 0 Å². The Balaban J connectivity index is 2.41. The van der Waals surface area contributed by atoms with Gasteiger partial charge in [0.25, 0.3) is 0 Å². The molecule has 0 heterocycles. The van der Waals surface area contributed by atoms with Gasteiger partial charge in [-0.1, -0.05) is 28.1 Å². The summed E-state index contributed by atoms with van der Waals surface area (Å²) in [5.74, 6) is -0.218. The van der Waals surface area contributed by atoms with Crippen LogP contribution in [0.1, 0.15) is 12.0 Å². The Morgan fingerprint density at radius 2 is 1.92 bits per heavy atom. The number of aryl methyl sites for hydroxylation is 1. The largest absolute Gasteiger partial charge is 0.392 e. The maximum absolute atomic E-state index is 12.5. The summed E-state index contributed by atoms with van der Waals surface area (Å²) < 4.78 is 12.5. The molecule has 0 amide bonds. The molecule has 0 aromatic heterocycles. The number of alkyl halides is 1. The predicted octanol–water partition coefficient (Wildman–Crippen LogP) is 2.51. The first-order valence-corrected chi connectivity index (χ1v) is 5.33. The summed E-state index contributed by atoms with van der Waals surface area (Å²) >= 11 is 3.19. The second-order valence-corrected chi connectivity index (χ2v) is 3.62.